The number of ether oxygens (including phenoxy) is 2. The molecule has 0 spiro atoms. The first-order valence-corrected chi connectivity index (χ1v) is 10.5. The molecule has 3 heterocycles. The molecule has 7 heteroatoms. The summed E-state index contributed by atoms with van der Waals surface area (Å²) >= 11 is 1.62. The van der Waals surface area contributed by atoms with Gasteiger partial charge in [0.05, 0.1) is 21.9 Å². The van der Waals surface area contributed by atoms with Gasteiger partial charge in [-0.25, -0.2) is 4.68 Å². The molecule has 0 radical (unpaired) electrons. The number of benzene rings is 2. The SMILES string of the molecule is Cc1cccc(-n2nc(C)c3c2NC(=O)[C@@H](C)S[C@@H]3c2ccc3c(c2)OCO3)c1. The van der Waals surface area contributed by atoms with E-state index in [9.17, 15) is 4.79 Å². The van der Waals surface area contributed by atoms with Gasteiger partial charge >= 0.3 is 0 Å². The molecule has 148 valence electrons. The van der Waals surface area contributed by atoms with Crippen LogP contribution >= 0.6 is 11.8 Å². The lowest BCUT2D eigenvalue weighted by atomic mass is 10.0. The van der Waals surface area contributed by atoms with Crippen molar-refractivity contribution in [1.82, 2.24) is 9.78 Å². The number of aromatic nitrogens is 2. The van der Waals surface area contributed by atoms with Crippen molar-refractivity contribution in [3.8, 4) is 17.2 Å². The fourth-order valence-corrected chi connectivity index (χ4v) is 5.11. The second-order valence-corrected chi connectivity index (χ2v) is 8.81. The van der Waals surface area contributed by atoms with Crippen molar-refractivity contribution < 1.29 is 14.3 Å². The van der Waals surface area contributed by atoms with E-state index in [4.69, 9.17) is 14.6 Å². The first kappa shape index (κ1) is 18.1. The van der Waals surface area contributed by atoms with Crippen LogP contribution in [0.5, 0.6) is 11.5 Å². The lowest BCUT2D eigenvalue weighted by molar-refractivity contribution is -0.115. The van der Waals surface area contributed by atoms with Gasteiger partial charge in [0.1, 0.15) is 5.82 Å². The zero-order chi connectivity index (χ0) is 20.1. The maximum Gasteiger partial charge on any atom is 0.238 e. The highest BCUT2D eigenvalue weighted by molar-refractivity contribution is 8.01. The molecular formula is C22H21N3O3S. The van der Waals surface area contributed by atoms with Crippen molar-refractivity contribution in [2.75, 3.05) is 12.1 Å². The Bertz CT molecular complexity index is 1120. The number of hydrogen-bond acceptors (Lipinski definition) is 5. The molecule has 1 N–H and O–H groups in total. The number of nitrogens with zero attached hydrogens (tertiary/aromatic N) is 2. The molecule has 0 fully saturated rings. The van der Waals surface area contributed by atoms with Crippen LogP contribution in [0.25, 0.3) is 5.69 Å². The van der Waals surface area contributed by atoms with Crippen LogP contribution in [0, 0.1) is 13.8 Å². The van der Waals surface area contributed by atoms with Crippen molar-refractivity contribution in [3.63, 3.8) is 0 Å². The van der Waals surface area contributed by atoms with Crippen molar-refractivity contribution in [2.45, 2.75) is 31.3 Å². The number of fused-ring (bicyclic) bond motifs is 2. The summed E-state index contributed by atoms with van der Waals surface area (Å²) < 4.78 is 12.9. The van der Waals surface area contributed by atoms with Crippen LogP contribution in [0.3, 0.4) is 0 Å². The second-order valence-electron chi connectivity index (χ2n) is 7.36. The molecule has 2 aliphatic rings. The molecule has 5 rings (SSSR count). The lowest BCUT2D eigenvalue weighted by Gasteiger charge is -2.17. The number of carbonyl (C=O) groups excluding carboxylic acids is 1. The van der Waals surface area contributed by atoms with Gasteiger partial charge in [-0.1, -0.05) is 18.2 Å². The standard InChI is InChI=1S/C22H21N3O3S/c1-12-5-4-6-16(9-12)25-21-19(13(2)24-25)20(29-14(3)22(26)23-21)15-7-8-17-18(10-15)28-11-27-17/h4-10,14,20H,11H2,1-3H3,(H,23,26)/t14-,20-/m1/s1. The summed E-state index contributed by atoms with van der Waals surface area (Å²) in [5.74, 6) is 2.21. The van der Waals surface area contributed by atoms with Crippen molar-refractivity contribution in [2.24, 2.45) is 0 Å². The number of rotatable bonds is 2. The van der Waals surface area contributed by atoms with Crippen LogP contribution in [0.4, 0.5) is 5.82 Å². The van der Waals surface area contributed by atoms with Crippen LogP contribution in [-0.4, -0.2) is 27.7 Å². The van der Waals surface area contributed by atoms with Crippen LogP contribution in [-0.2, 0) is 4.79 Å². The molecular weight excluding hydrogens is 386 g/mol. The first-order chi connectivity index (χ1) is 14.0. The topological polar surface area (TPSA) is 65.4 Å². The molecule has 2 aromatic carbocycles. The van der Waals surface area contributed by atoms with E-state index in [-0.39, 0.29) is 23.2 Å². The summed E-state index contributed by atoms with van der Waals surface area (Å²) in [6.45, 7) is 6.21. The quantitative estimate of drug-likeness (QED) is 0.683. The number of amides is 1. The number of carbonyl (C=O) groups is 1. The number of aryl methyl sites for hydroxylation is 2. The predicted molar refractivity (Wildman–Crippen MR) is 113 cm³/mol. The highest BCUT2D eigenvalue weighted by atomic mass is 32.2. The van der Waals surface area contributed by atoms with E-state index >= 15 is 0 Å². The molecule has 0 aliphatic carbocycles. The Morgan fingerprint density at radius 1 is 1.14 bits per heavy atom. The normalized spacial score (nSPS) is 20.2. The molecule has 2 aliphatic heterocycles. The van der Waals surface area contributed by atoms with Gasteiger partial charge in [0, 0.05) is 5.56 Å². The molecule has 0 bridgehead atoms. The van der Waals surface area contributed by atoms with Crippen molar-refractivity contribution in [3.05, 3.63) is 64.8 Å². The number of thioether (sulfide) groups is 1. The van der Waals surface area contributed by atoms with E-state index in [2.05, 4.69) is 11.4 Å². The van der Waals surface area contributed by atoms with Gasteiger partial charge < -0.3 is 14.8 Å². The average Bonchev–Trinajstić information content (AvgIpc) is 3.26. The van der Waals surface area contributed by atoms with Gasteiger partial charge in [0.15, 0.2) is 11.5 Å². The number of nitrogens with one attached hydrogen (secondary N) is 1. The van der Waals surface area contributed by atoms with Gasteiger partial charge in [-0.3, -0.25) is 4.79 Å². The van der Waals surface area contributed by atoms with Gasteiger partial charge in [-0.2, -0.15) is 5.10 Å². The molecule has 2 atom stereocenters. The third-order valence-electron chi connectivity index (χ3n) is 5.27. The Hall–Kier alpha value is -2.93. The Morgan fingerprint density at radius 2 is 1.97 bits per heavy atom. The number of anilines is 1. The molecule has 0 saturated carbocycles. The number of hydrogen-bond donors (Lipinski definition) is 1. The maximum absolute atomic E-state index is 12.8. The average molecular weight is 407 g/mol. The largest absolute Gasteiger partial charge is 0.454 e. The van der Waals surface area contributed by atoms with E-state index in [0.717, 1.165) is 45.4 Å². The Balaban J connectivity index is 1.68. The van der Waals surface area contributed by atoms with Crippen LogP contribution in [0.2, 0.25) is 0 Å². The van der Waals surface area contributed by atoms with Gasteiger partial charge in [0.2, 0.25) is 12.7 Å². The van der Waals surface area contributed by atoms with Crippen LogP contribution in [0.1, 0.15) is 34.6 Å². The van der Waals surface area contributed by atoms with Gasteiger partial charge in [-0.15, -0.1) is 11.8 Å². The molecule has 0 unspecified atom stereocenters. The summed E-state index contributed by atoms with van der Waals surface area (Å²) in [6, 6.07) is 14.1. The zero-order valence-electron chi connectivity index (χ0n) is 16.4. The van der Waals surface area contributed by atoms with Crippen LogP contribution in [0.15, 0.2) is 42.5 Å². The molecule has 0 saturated heterocycles. The lowest BCUT2D eigenvalue weighted by Crippen LogP contribution is -2.22. The Kier molecular flexibility index (Phi) is 4.28. The molecule has 29 heavy (non-hydrogen) atoms. The van der Waals surface area contributed by atoms with Crippen molar-refractivity contribution in [1.29, 1.82) is 0 Å². The van der Waals surface area contributed by atoms with Crippen LogP contribution < -0.4 is 14.8 Å². The summed E-state index contributed by atoms with van der Waals surface area (Å²) in [4.78, 5) is 12.8. The zero-order valence-corrected chi connectivity index (χ0v) is 17.2. The second kappa shape index (κ2) is 6.84. The first-order valence-electron chi connectivity index (χ1n) is 9.53. The third kappa shape index (κ3) is 3.06. The summed E-state index contributed by atoms with van der Waals surface area (Å²) in [6.07, 6.45) is 0. The monoisotopic (exact) mass is 407 g/mol. The minimum atomic E-state index is -0.205. The Labute approximate surface area is 173 Å². The van der Waals surface area contributed by atoms with Gasteiger partial charge in [0.25, 0.3) is 0 Å². The fourth-order valence-electron chi connectivity index (χ4n) is 3.79. The maximum atomic E-state index is 12.8. The molecule has 1 amide bonds. The van der Waals surface area contributed by atoms with Crippen molar-refractivity contribution >= 4 is 23.5 Å². The van der Waals surface area contributed by atoms with Gasteiger partial charge in [-0.05, 0) is 56.2 Å². The van der Waals surface area contributed by atoms with E-state index in [1.807, 2.05) is 61.9 Å². The highest BCUT2D eigenvalue weighted by Gasteiger charge is 2.34. The minimum absolute atomic E-state index is 0.0201. The fraction of sp³-hybridized carbons (Fsp3) is 0.273. The minimum Gasteiger partial charge on any atom is -0.454 e. The van der Waals surface area contributed by atoms with E-state index < -0.39 is 0 Å². The summed E-state index contributed by atoms with van der Waals surface area (Å²) in [5, 5.41) is 7.65. The smallest absolute Gasteiger partial charge is 0.238 e. The molecule has 6 nitrogen and oxygen atoms in total. The Morgan fingerprint density at radius 3 is 2.79 bits per heavy atom. The predicted octanol–water partition coefficient (Wildman–Crippen LogP) is 4.38. The van der Waals surface area contributed by atoms with E-state index in [1.54, 1.807) is 11.8 Å². The molecule has 1 aromatic heterocycles. The van der Waals surface area contributed by atoms with E-state index in [0.29, 0.717) is 0 Å². The summed E-state index contributed by atoms with van der Waals surface area (Å²) in [7, 11) is 0. The highest BCUT2D eigenvalue weighted by Crippen LogP contribution is 2.48. The summed E-state index contributed by atoms with van der Waals surface area (Å²) in [5.41, 5.74) is 5.05. The van der Waals surface area contributed by atoms with E-state index in [1.165, 1.54) is 0 Å². The molecule has 3 aromatic rings. The third-order valence-corrected chi connectivity index (χ3v) is 6.67.